The van der Waals surface area contributed by atoms with Crippen molar-refractivity contribution in [2.45, 2.75) is 12.5 Å². The zero-order valence-corrected chi connectivity index (χ0v) is 5.72. The molecule has 10 heavy (non-hydrogen) atoms. The molecule has 1 aliphatic rings. The van der Waals surface area contributed by atoms with Crippen LogP contribution in [0.15, 0.2) is 0 Å². The molecule has 1 fully saturated rings. The van der Waals surface area contributed by atoms with Gasteiger partial charge < -0.3 is 14.1 Å². The SMILES string of the molecule is N[C@H]1CC(=O)OSOC1=O. The van der Waals surface area contributed by atoms with Gasteiger partial charge >= 0.3 is 11.9 Å². The molecule has 0 unspecified atom stereocenters. The molecular formula is C4H5NO4S. The highest BCUT2D eigenvalue weighted by atomic mass is 32.2. The molecule has 0 aliphatic carbocycles. The fourth-order valence-corrected chi connectivity index (χ4v) is 0.816. The Balaban J connectivity index is 2.57. The lowest BCUT2D eigenvalue weighted by Gasteiger charge is -1.98. The Morgan fingerprint density at radius 2 is 2.20 bits per heavy atom. The maximum absolute atomic E-state index is 10.6. The van der Waals surface area contributed by atoms with Gasteiger partial charge in [-0.2, -0.15) is 0 Å². The van der Waals surface area contributed by atoms with Crippen molar-refractivity contribution in [2.24, 2.45) is 5.73 Å². The summed E-state index contributed by atoms with van der Waals surface area (Å²) in [5.41, 5.74) is 5.18. The monoisotopic (exact) mass is 163 g/mol. The van der Waals surface area contributed by atoms with E-state index in [9.17, 15) is 9.59 Å². The molecule has 0 aromatic carbocycles. The van der Waals surface area contributed by atoms with Crippen LogP contribution >= 0.6 is 12.3 Å². The summed E-state index contributed by atoms with van der Waals surface area (Å²) in [6.45, 7) is 0. The van der Waals surface area contributed by atoms with Gasteiger partial charge in [-0.15, -0.1) is 0 Å². The summed E-state index contributed by atoms with van der Waals surface area (Å²) in [4.78, 5) is 21.0. The Labute approximate surface area is 61.3 Å². The minimum Gasteiger partial charge on any atom is -0.355 e. The molecule has 0 bridgehead atoms. The summed E-state index contributed by atoms with van der Waals surface area (Å²) in [6, 6.07) is -0.887. The lowest BCUT2D eigenvalue weighted by Crippen LogP contribution is -2.31. The third-order valence-electron chi connectivity index (χ3n) is 0.932. The summed E-state index contributed by atoms with van der Waals surface area (Å²) in [5, 5.41) is 0. The second-order valence-electron chi connectivity index (χ2n) is 1.74. The van der Waals surface area contributed by atoms with Crippen LogP contribution in [0.3, 0.4) is 0 Å². The molecule has 0 amide bonds. The summed E-state index contributed by atoms with van der Waals surface area (Å²) >= 11 is 0.357. The number of hydrogen-bond donors (Lipinski definition) is 1. The van der Waals surface area contributed by atoms with Crippen molar-refractivity contribution in [3.05, 3.63) is 0 Å². The lowest BCUT2D eigenvalue weighted by molar-refractivity contribution is -0.137. The predicted molar refractivity (Wildman–Crippen MR) is 32.4 cm³/mol. The summed E-state index contributed by atoms with van der Waals surface area (Å²) in [7, 11) is 0. The van der Waals surface area contributed by atoms with Gasteiger partial charge in [0.05, 0.1) is 6.42 Å². The smallest absolute Gasteiger partial charge is 0.338 e. The second kappa shape index (κ2) is 2.89. The van der Waals surface area contributed by atoms with Crippen LogP contribution in [-0.2, 0) is 18.0 Å². The molecule has 5 nitrogen and oxygen atoms in total. The van der Waals surface area contributed by atoms with Crippen LogP contribution in [-0.4, -0.2) is 18.0 Å². The van der Waals surface area contributed by atoms with Crippen molar-refractivity contribution in [3.8, 4) is 0 Å². The highest BCUT2D eigenvalue weighted by Gasteiger charge is 2.25. The predicted octanol–water partition coefficient (Wildman–Crippen LogP) is -0.633. The van der Waals surface area contributed by atoms with Crippen LogP contribution < -0.4 is 5.73 Å². The number of carbonyl (C=O) groups is 2. The standard InChI is InChI=1S/C4H5NO4S/c5-2-1-3(6)8-10-9-4(2)7/h2H,1,5H2/t2-/m0/s1. The van der Waals surface area contributed by atoms with E-state index in [1.54, 1.807) is 0 Å². The zero-order valence-electron chi connectivity index (χ0n) is 4.90. The van der Waals surface area contributed by atoms with Gasteiger partial charge in [0, 0.05) is 0 Å². The number of rotatable bonds is 0. The van der Waals surface area contributed by atoms with Gasteiger partial charge in [0.25, 0.3) is 12.3 Å². The Morgan fingerprint density at radius 1 is 1.50 bits per heavy atom. The first-order valence-corrected chi connectivity index (χ1v) is 3.20. The highest BCUT2D eigenvalue weighted by molar-refractivity contribution is 7.90. The summed E-state index contributed by atoms with van der Waals surface area (Å²) in [6.07, 6.45) is -0.119. The third-order valence-corrected chi connectivity index (χ3v) is 1.42. The van der Waals surface area contributed by atoms with Gasteiger partial charge in [0.1, 0.15) is 6.04 Å². The van der Waals surface area contributed by atoms with Crippen molar-refractivity contribution in [3.63, 3.8) is 0 Å². The molecule has 1 saturated heterocycles. The van der Waals surface area contributed by atoms with Crippen molar-refractivity contribution in [1.82, 2.24) is 0 Å². The topological polar surface area (TPSA) is 78.6 Å². The van der Waals surface area contributed by atoms with E-state index in [0.29, 0.717) is 12.3 Å². The normalized spacial score (nSPS) is 26.7. The Hall–Kier alpha value is -0.750. The quantitative estimate of drug-likeness (QED) is 0.479. The van der Waals surface area contributed by atoms with E-state index >= 15 is 0 Å². The second-order valence-corrected chi connectivity index (χ2v) is 2.21. The Kier molecular flexibility index (Phi) is 2.13. The first-order chi connectivity index (χ1) is 4.70. The molecule has 0 aromatic heterocycles. The van der Waals surface area contributed by atoms with Crippen LogP contribution in [0.5, 0.6) is 0 Å². The van der Waals surface area contributed by atoms with Crippen LogP contribution in [0.2, 0.25) is 0 Å². The third kappa shape index (κ3) is 1.61. The van der Waals surface area contributed by atoms with Gasteiger partial charge in [-0.1, -0.05) is 0 Å². The molecule has 6 heteroatoms. The maximum Gasteiger partial charge on any atom is 0.338 e. The van der Waals surface area contributed by atoms with Gasteiger partial charge in [0.15, 0.2) is 0 Å². The summed E-state index contributed by atoms with van der Waals surface area (Å²) in [5.74, 6) is -1.17. The number of nitrogens with two attached hydrogens (primary N) is 1. The fourth-order valence-electron chi connectivity index (χ4n) is 0.447. The van der Waals surface area contributed by atoms with Crippen molar-refractivity contribution in [2.75, 3.05) is 0 Å². The largest absolute Gasteiger partial charge is 0.355 e. The molecule has 1 atom stereocenters. The zero-order chi connectivity index (χ0) is 7.56. The molecule has 0 aromatic rings. The van der Waals surface area contributed by atoms with Gasteiger partial charge in [-0.25, -0.2) is 4.79 Å². The molecule has 56 valence electrons. The van der Waals surface area contributed by atoms with Gasteiger partial charge in [-0.3, -0.25) is 4.79 Å². The highest BCUT2D eigenvalue weighted by Crippen LogP contribution is 2.13. The Bertz CT molecular complexity index is 171. The van der Waals surface area contributed by atoms with Crippen LogP contribution in [0.25, 0.3) is 0 Å². The number of hydrogen-bond acceptors (Lipinski definition) is 6. The first kappa shape index (κ1) is 7.36. The van der Waals surface area contributed by atoms with Gasteiger partial charge in [0.2, 0.25) is 0 Å². The summed E-state index contributed by atoms with van der Waals surface area (Å²) < 4.78 is 8.59. The average Bonchev–Trinajstić information content (AvgIpc) is 1.96. The van der Waals surface area contributed by atoms with Crippen LogP contribution in [0, 0.1) is 0 Å². The maximum atomic E-state index is 10.6. The van der Waals surface area contributed by atoms with E-state index in [1.165, 1.54) is 0 Å². The minimum atomic E-state index is -0.887. The molecule has 0 spiro atoms. The molecular weight excluding hydrogens is 158 g/mol. The van der Waals surface area contributed by atoms with E-state index in [4.69, 9.17) is 5.73 Å². The van der Waals surface area contributed by atoms with Crippen molar-refractivity contribution >= 4 is 24.3 Å². The van der Waals surface area contributed by atoms with Crippen LogP contribution in [0.4, 0.5) is 0 Å². The molecule has 0 saturated carbocycles. The van der Waals surface area contributed by atoms with Crippen molar-refractivity contribution in [1.29, 1.82) is 0 Å². The van der Waals surface area contributed by atoms with E-state index in [1.807, 2.05) is 0 Å². The first-order valence-electron chi connectivity index (χ1n) is 2.53. The van der Waals surface area contributed by atoms with E-state index in [-0.39, 0.29) is 6.42 Å². The lowest BCUT2D eigenvalue weighted by atomic mass is 10.2. The fraction of sp³-hybridized carbons (Fsp3) is 0.500. The number of carbonyl (C=O) groups excluding carboxylic acids is 2. The van der Waals surface area contributed by atoms with E-state index < -0.39 is 18.0 Å². The molecule has 2 N–H and O–H groups in total. The van der Waals surface area contributed by atoms with Crippen LogP contribution in [0.1, 0.15) is 6.42 Å². The minimum absolute atomic E-state index is 0.119. The molecule has 1 aliphatic heterocycles. The average molecular weight is 163 g/mol. The molecule has 0 radical (unpaired) electrons. The molecule has 1 rings (SSSR count). The van der Waals surface area contributed by atoms with Gasteiger partial charge in [-0.05, 0) is 0 Å². The van der Waals surface area contributed by atoms with E-state index in [2.05, 4.69) is 8.37 Å². The van der Waals surface area contributed by atoms with Crippen molar-refractivity contribution < 1.29 is 18.0 Å². The molecule has 1 heterocycles. The van der Waals surface area contributed by atoms with E-state index in [0.717, 1.165) is 0 Å². The Morgan fingerprint density at radius 3 is 2.90 bits per heavy atom.